The van der Waals surface area contributed by atoms with Gasteiger partial charge < -0.3 is 10.6 Å². The molecule has 0 heterocycles. The maximum atomic E-state index is 12.6. The van der Waals surface area contributed by atoms with E-state index in [1.165, 1.54) is 6.92 Å². The Morgan fingerprint density at radius 1 is 1.00 bits per heavy atom. The van der Waals surface area contributed by atoms with Gasteiger partial charge in [0.05, 0.1) is 6.04 Å². The van der Waals surface area contributed by atoms with Crippen LogP contribution < -0.4 is 10.6 Å². The fourth-order valence-corrected chi connectivity index (χ4v) is 2.62. The summed E-state index contributed by atoms with van der Waals surface area (Å²) in [6.45, 7) is 1.89. The van der Waals surface area contributed by atoms with Crippen molar-refractivity contribution in [1.82, 2.24) is 10.2 Å². The molecule has 0 saturated carbocycles. The number of nitrogens with one attached hydrogen (secondary N) is 2. The van der Waals surface area contributed by atoms with Gasteiger partial charge in [-0.2, -0.15) is 0 Å². The molecule has 2 N–H and O–H groups in total. The van der Waals surface area contributed by atoms with E-state index in [9.17, 15) is 9.59 Å². The van der Waals surface area contributed by atoms with Crippen molar-refractivity contribution in [3.63, 3.8) is 0 Å². The van der Waals surface area contributed by atoms with E-state index in [1.54, 1.807) is 0 Å². The molecule has 0 aliphatic heterocycles. The predicted octanol–water partition coefficient (Wildman–Crippen LogP) is 2.43. The molecule has 5 heteroatoms. The molecule has 0 spiro atoms. The lowest BCUT2D eigenvalue weighted by Gasteiger charge is -2.23. The van der Waals surface area contributed by atoms with Crippen molar-refractivity contribution in [3.8, 4) is 0 Å². The summed E-state index contributed by atoms with van der Waals surface area (Å²) in [5.41, 5.74) is 2.80. The second-order valence-corrected chi connectivity index (χ2v) is 6.27. The minimum atomic E-state index is -0.235. The summed E-state index contributed by atoms with van der Waals surface area (Å²) in [6.07, 6.45) is 0.658. The van der Waals surface area contributed by atoms with Crippen molar-refractivity contribution in [2.24, 2.45) is 0 Å². The van der Waals surface area contributed by atoms with Crippen LogP contribution in [0.4, 0.5) is 5.69 Å². The van der Waals surface area contributed by atoms with Gasteiger partial charge in [-0.3, -0.25) is 14.5 Å². The Morgan fingerprint density at radius 2 is 1.68 bits per heavy atom. The van der Waals surface area contributed by atoms with E-state index < -0.39 is 0 Å². The third-order valence-corrected chi connectivity index (χ3v) is 3.91. The van der Waals surface area contributed by atoms with Crippen molar-refractivity contribution in [3.05, 3.63) is 65.7 Å². The number of nitrogens with zero attached hydrogens (tertiary/aromatic N) is 1. The summed E-state index contributed by atoms with van der Waals surface area (Å²) in [5.74, 6) is -0.129. The molecule has 25 heavy (non-hydrogen) atoms. The Labute approximate surface area is 149 Å². The van der Waals surface area contributed by atoms with Crippen LogP contribution in [0.3, 0.4) is 0 Å². The van der Waals surface area contributed by atoms with Crippen molar-refractivity contribution in [2.45, 2.75) is 25.9 Å². The zero-order chi connectivity index (χ0) is 18.2. The van der Waals surface area contributed by atoms with Crippen molar-refractivity contribution >= 4 is 17.5 Å². The van der Waals surface area contributed by atoms with E-state index in [-0.39, 0.29) is 17.9 Å². The SMILES string of the molecule is CC(=O)Nc1cccc(CNC(=O)[C@H](Cc2ccccc2)N(C)C)c1. The smallest absolute Gasteiger partial charge is 0.237 e. The first kappa shape index (κ1) is 18.7. The molecule has 0 saturated heterocycles. The highest BCUT2D eigenvalue weighted by atomic mass is 16.2. The molecule has 132 valence electrons. The van der Waals surface area contributed by atoms with Crippen LogP contribution in [0.1, 0.15) is 18.1 Å². The van der Waals surface area contributed by atoms with Crippen LogP contribution in [0.5, 0.6) is 0 Å². The molecular weight excluding hydrogens is 314 g/mol. The first-order chi connectivity index (χ1) is 12.0. The van der Waals surface area contributed by atoms with E-state index in [2.05, 4.69) is 10.6 Å². The molecule has 2 aromatic carbocycles. The third kappa shape index (κ3) is 6.04. The van der Waals surface area contributed by atoms with Crippen LogP contribution in [-0.2, 0) is 22.6 Å². The van der Waals surface area contributed by atoms with Gasteiger partial charge in [-0.1, -0.05) is 42.5 Å². The number of likely N-dealkylation sites (N-methyl/N-ethyl adjacent to an activating group) is 1. The van der Waals surface area contributed by atoms with Crippen LogP contribution >= 0.6 is 0 Å². The summed E-state index contributed by atoms with van der Waals surface area (Å²) in [6, 6.07) is 17.2. The Kier molecular flexibility index (Phi) is 6.71. The monoisotopic (exact) mass is 339 g/mol. The molecule has 0 unspecified atom stereocenters. The van der Waals surface area contributed by atoms with Crippen LogP contribution in [0.25, 0.3) is 0 Å². The van der Waals surface area contributed by atoms with Gasteiger partial charge in [-0.15, -0.1) is 0 Å². The number of carbonyl (C=O) groups is 2. The van der Waals surface area contributed by atoms with E-state index in [0.29, 0.717) is 13.0 Å². The number of benzene rings is 2. The van der Waals surface area contributed by atoms with E-state index in [0.717, 1.165) is 16.8 Å². The lowest BCUT2D eigenvalue weighted by molar-refractivity contribution is -0.125. The highest BCUT2D eigenvalue weighted by molar-refractivity contribution is 5.88. The highest BCUT2D eigenvalue weighted by Gasteiger charge is 2.20. The largest absolute Gasteiger partial charge is 0.351 e. The number of hydrogen-bond donors (Lipinski definition) is 2. The predicted molar refractivity (Wildman–Crippen MR) is 100 cm³/mol. The zero-order valence-corrected chi connectivity index (χ0v) is 15.0. The highest BCUT2D eigenvalue weighted by Crippen LogP contribution is 2.11. The van der Waals surface area contributed by atoms with Gasteiger partial charge in [-0.25, -0.2) is 0 Å². The molecule has 2 aromatic rings. The van der Waals surface area contributed by atoms with Gasteiger partial charge in [0.15, 0.2) is 0 Å². The van der Waals surface area contributed by atoms with Crippen molar-refractivity contribution in [2.75, 3.05) is 19.4 Å². The van der Waals surface area contributed by atoms with Gasteiger partial charge in [0.1, 0.15) is 0 Å². The summed E-state index contributed by atoms with van der Waals surface area (Å²) in [5, 5.41) is 5.73. The lowest BCUT2D eigenvalue weighted by Crippen LogP contribution is -2.44. The molecule has 2 rings (SSSR count). The number of rotatable bonds is 7. The average molecular weight is 339 g/mol. The summed E-state index contributed by atoms with van der Waals surface area (Å²) in [7, 11) is 3.81. The second-order valence-electron chi connectivity index (χ2n) is 6.27. The average Bonchev–Trinajstić information content (AvgIpc) is 2.58. The van der Waals surface area contributed by atoms with E-state index >= 15 is 0 Å². The van der Waals surface area contributed by atoms with Gasteiger partial charge in [0, 0.05) is 19.2 Å². The normalized spacial score (nSPS) is 11.8. The maximum absolute atomic E-state index is 12.6. The Morgan fingerprint density at radius 3 is 2.32 bits per heavy atom. The first-order valence-electron chi connectivity index (χ1n) is 8.30. The molecule has 0 fully saturated rings. The molecule has 5 nitrogen and oxygen atoms in total. The van der Waals surface area contributed by atoms with Crippen LogP contribution in [-0.4, -0.2) is 36.9 Å². The summed E-state index contributed by atoms with van der Waals surface area (Å²) >= 11 is 0. The molecule has 2 amide bonds. The Balaban J connectivity index is 1.98. The topological polar surface area (TPSA) is 61.4 Å². The van der Waals surface area contributed by atoms with Crippen LogP contribution in [0, 0.1) is 0 Å². The minimum absolute atomic E-state index is 0.0150. The zero-order valence-electron chi connectivity index (χ0n) is 15.0. The fourth-order valence-electron chi connectivity index (χ4n) is 2.62. The van der Waals surface area contributed by atoms with Crippen molar-refractivity contribution < 1.29 is 9.59 Å². The number of hydrogen-bond acceptors (Lipinski definition) is 3. The molecule has 0 aliphatic rings. The lowest BCUT2D eigenvalue weighted by atomic mass is 10.0. The van der Waals surface area contributed by atoms with E-state index in [4.69, 9.17) is 0 Å². The Hall–Kier alpha value is -2.66. The molecule has 0 aromatic heterocycles. The first-order valence-corrected chi connectivity index (χ1v) is 8.30. The van der Waals surface area contributed by atoms with E-state index in [1.807, 2.05) is 73.6 Å². The number of amides is 2. The summed E-state index contributed by atoms with van der Waals surface area (Å²) < 4.78 is 0. The van der Waals surface area contributed by atoms with Gasteiger partial charge in [0.25, 0.3) is 0 Å². The van der Waals surface area contributed by atoms with Crippen LogP contribution in [0.2, 0.25) is 0 Å². The minimum Gasteiger partial charge on any atom is -0.351 e. The van der Waals surface area contributed by atoms with Gasteiger partial charge >= 0.3 is 0 Å². The molecular formula is C20H25N3O2. The van der Waals surface area contributed by atoms with Crippen LogP contribution in [0.15, 0.2) is 54.6 Å². The maximum Gasteiger partial charge on any atom is 0.237 e. The van der Waals surface area contributed by atoms with Gasteiger partial charge in [-0.05, 0) is 43.8 Å². The molecule has 0 radical (unpaired) electrons. The number of carbonyl (C=O) groups excluding carboxylic acids is 2. The molecule has 0 bridgehead atoms. The van der Waals surface area contributed by atoms with Crippen molar-refractivity contribution in [1.29, 1.82) is 0 Å². The molecule has 1 atom stereocenters. The van der Waals surface area contributed by atoms with Gasteiger partial charge in [0.2, 0.25) is 11.8 Å². The quantitative estimate of drug-likeness (QED) is 0.814. The Bertz CT molecular complexity index is 714. The standard InChI is InChI=1S/C20H25N3O2/c1-15(24)22-18-11-7-10-17(12-18)14-21-20(25)19(23(2)3)13-16-8-5-4-6-9-16/h4-12,19H,13-14H2,1-3H3,(H,21,25)(H,22,24)/t19-/m0/s1. The number of anilines is 1. The molecule has 0 aliphatic carbocycles. The second kappa shape index (κ2) is 8.99. The summed E-state index contributed by atoms with van der Waals surface area (Å²) in [4.78, 5) is 25.7. The third-order valence-electron chi connectivity index (χ3n) is 3.91. The fraction of sp³-hybridized carbons (Fsp3) is 0.300.